The van der Waals surface area contributed by atoms with E-state index in [0.717, 1.165) is 0 Å². The fraction of sp³-hybridized carbons (Fsp3) is 1.00. The number of hydrogen-bond acceptors (Lipinski definition) is 2. The van der Waals surface area contributed by atoms with Crippen molar-refractivity contribution in [2.45, 2.75) is 17.7 Å². The second-order valence-electron chi connectivity index (χ2n) is 2.79. The highest BCUT2D eigenvalue weighted by atomic mass is 79.9. The summed E-state index contributed by atoms with van der Waals surface area (Å²) in [5.74, 6) is 0. The molecule has 0 saturated carbocycles. The summed E-state index contributed by atoms with van der Waals surface area (Å²) in [6.07, 6.45) is 1.17. The number of phosphoric ester groups is 1. The van der Waals surface area contributed by atoms with Crippen LogP contribution in [0.1, 0.15) is 12.8 Å². The SMILES string of the molecule is O=P(O)(O)OCC(Cl)(CCBr)CCBr. The predicted molar refractivity (Wildman–Crippen MR) is 63.4 cm³/mol. The van der Waals surface area contributed by atoms with Crippen molar-refractivity contribution in [3.8, 4) is 0 Å². The zero-order valence-electron chi connectivity index (χ0n) is 7.33. The van der Waals surface area contributed by atoms with Gasteiger partial charge in [0.25, 0.3) is 0 Å². The first-order valence-electron chi connectivity index (χ1n) is 3.84. The number of halogens is 3. The van der Waals surface area contributed by atoms with E-state index in [9.17, 15) is 4.57 Å². The Morgan fingerprint density at radius 3 is 2.00 bits per heavy atom. The Labute approximate surface area is 105 Å². The molecule has 0 aliphatic carbocycles. The Kier molecular flexibility index (Phi) is 7.50. The lowest BCUT2D eigenvalue weighted by atomic mass is 10.0. The van der Waals surface area contributed by atoms with Crippen LogP contribution in [0.3, 0.4) is 0 Å². The molecule has 0 aromatic heterocycles. The zero-order valence-corrected chi connectivity index (χ0v) is 12.1. The van der Waals surface area contributed by atoms with Crippen molar-refractivity contribution in [2.75, 3.05) is 17.3 Å². The van der Waals surface area contributed by atoms with E-state index in [1.807, 2.05) is 0 Å². The van der Waals surface area contributed by atoms with Crippen molar-refractivity contribution in [1.82, 2.24) is 0 Å². The lowest BCUT2D eigenvalue weighted by Crippen LogP contribution is -2.28. The average Bonchev–Trinajstić information content (AvgIpc) is 2.01. The van der Waals surface area contributed by atoms with Crippen LogP contribution in [0.15, 0.2) is 0 Å². The van der Waals surface area contributed by atoms with E-state index in [2.05, 4.69) is 36.4 Å². The molecular formula is C6H12Br2ClO4P. The quantitative estimate of drug-likeness (QED) is 0.531. The van der Waals surface area contributed by atoms with Crippen LogP contribution in [0.5, 0.6) is 0 Å². The van der Waals surface area contributed by atoms with Crippen LogP contribution in [-0.2, 0) is 9.09 Å². The number of alkyl halides is 3. The Balaban J connectivity index is 4.15. The molecule has 0 heterocycles. The van der Waals surface area contributed by atoms with E-state index in [-0.39, 0.29) is 6.61 Å². The van der Waals surface area contributed by atoms with Crippen LogP contribution in [0.2, 0.25) is 0 Å². The fourth-order valence-electron chi connectivity index (χ4n) is 0.808. The molecule has 0 fully saturated rings. The van der Waals surface area contributed by atoms with E-state index in [0.29, 0.717) is 23.5 Å². The maximum atomic E-state index is 10.5. The summed E-state index contributed by atoms with van der Waals surface area (Å²) in [5, 5.41) is 1.32. The average molecular weight is 374 g/mol. The van der Waals surface area contributed by atoms with Crippen LogP contribution in [0, 0.1) is 0 Å². The summed E-state index contributed by atoms with van der Waals surface area (Å²) in [6.45, 7) is -0.157. The summed E-state index contributed by atoms with van der Waals surface area (Å²) in [6, 6.07) is 0. The maximum Gasteiger partial charge on any atom is 0.469 e. The first-order chi connectivity index (χ1) is 6.33. The monoisotopic (exact) mass is 372 g/mol. The Bertz CT molecular complexity index is 204. The number of rotatable bonds is 7. The van der Waals surface area contributed by atoms with Crippen LogP contribution < -0.4 is 0 Å². The van der Waals surface area contributed by atoms with E-state index in [1.54, 1.807) is 0 Å². The van der Waals surface area contributed by atoms with Gasteiger partial charge in [0.15, 0.2) is 0 Å². The molecule has 0 spiro atoms. The van der Waals surface area contributed by atoms with Crippen molar-refractivity contribution in [3.63, 3.8) is 0 Å². The molecule has 8 heteroatoms. The minimum atomic E-state index is -4.42. The Morgan fingerprint density at radius 2 is 1.71 bits per heavy atom. The summed E-state index contributed by atoms with van der Waals surface area (Å²) in [4.78, 5) is 16.3. The first-order valence-corrected chi connectivity index (χ1v) is 7.99. The number of phosphoric acid groups is 1. The van der Waals surface area contributed by atoms with Crippen molar-refractivity contribution < 1.29 is 18.9 Å². The minimum absolute atomic E-state index is 0.157. The Hall–Kier alpha value is 1.36. The summed E-state index contributed by atoms with van der Waals surface area (Å²) < 4.78 is 14.9. The highest BCUT2D eigenvalue weighted by Crippen LogP contribution is 2.39. The Morgan fingerprint density at radius 1 is 1.29 bits per heavy atom. The molecule has 0 aromatic carbocycles. The maximum absolute atomic E-state index is 10.5. The molecular weight excluding hydrogens is 362 g/mol. The molecule has 86 valence electrons. The van der Waals surface area contributed by atoms with Crippen molar-refractivity contribution >= 4 is 51.3 Å². The second kappa shape index (κ2) is 6.84. The van der Waals surface area contributed by atoms with Crippen LogP contribution >= 0.6 is 51.3 Å². The normalized spacial score (nSPS) is 13.2. The fourth-order valence-corrected chi connectivity index (χ4v) is 3.52. The van der Waals surface area contributed by atoms with Crippen LogP contribution in [-0.4, -0.2) is 31.9 Å². The topological polar surface area (TPSA) is 66.8 Å². The third-order valence-electron chi connectivity index (χ3n) is 1.58. The number of hydrogen-bond donors (Lipinski definition) is 2. The van der Waals surface area contributed by atoms with Gasteiger partial charge >= 0.3 is 7.82 Å². The van der Waals surface area contributed by atoms with Crippen LogP contribution in [0.25, 0.3) is 0 Å². The molecule has 0 unspecified atom stereocenters. The zero-order chi connectivity index (χ0) is 11.2. The molecule has 0 aromatic rings. The molecule has 4 nitrogen and oxygen atoms in total. The van der Waals surface area contributed by atoms with Gasteiger partial charge in [0.2, 0.25) is 0 Å². The van der Waals surface area contributed by atoms with Crippen molar-refractivity contribution in [2.24, 2.45) is 0 Å². The molecule has 0 rings (SSSR count). The summed E-state index contributed by atoms with van der Waals surface area (Å²) in [5.41, 5.74) is 0. The molecule has 0 atom stereocenters. The van der Waals surface area contributed by atoms with Crippen molar-refractivity contribution in [1.29, 1.82) is 0 Å². The van der Waals surface area contributed by atoms with Crippen LogP contribution in [0.4, 0.5) is 0 Å². The van der Waals surface area contributed by atoms with Gasteiger partial charge < -0.3 is 9.79 Å². The standard InChI is InChI=1S/C6H12Br2ClO4P/c7-3-1-6(9,2-4-8)5-13-14(10,11)12/h1-5H2,(H2,10,11,12). The molecule has 0 saturated heterocycles. The predicted octanol–water partition coefficient (Wildman–Crippen LogP) is 2.64. The molecule has 0 amide bonds. The molecule has 0 aliphatic heterocycles. The van der Waals surface area contributed by atoms with Gasteiger partial charge in [-0.1, -0.05) is 31.9 Å². The molecule has 2 N–H and O–H groups in total. The summed E-state index contributed by atoms with van der Waals surface area (Å²) >= 11 is 12.6. The molecule has 0 bridgehead atoms. The van der Waals surface area contributed by atoms with Gasteiger partial charge in [0.05, 0.1) is 11.5 Å². The van der Waals surface area contributed by atoms with Gasteiger partial charge in [-0.15, -0.1) is 11.6 Å². The largest absolute Gasteiger partial charge is 0.469 e. The van der Waals surface area contributed by atoms with Gasteiger partial charge in [-0.2, -0.15) is 0 Å². The van der Waals surface area contributed by atoms with Gasteiger partial charge in [0.1, 0.15) is 0 Å². The third-order valence-corrected chi connectivity index (χ3v) is 3.32. The van der Waals surface area contributed by atoms with Gasteiger partial charge in [-0.25, -0.2) is 4.57 Å². The minimum Gasteiger partial charge on any atom is -0.303 e. The lowest BCUT2D eigenvalue weighted by Gasteiger charge is -2.25. The second-order valence-corrected chi connectivity index (χ2v) is 6.42. The molecule has 0 radical (unpaired) electrons. The van der Waals surface area contributed by atoms with Crippen molar-refractivity contribution in [3.05, 3.63) is 0 Å². The summed E-state index contributed by atoms with van der Waals surface area (Å²) in [7, 11) is -4.42. The first kappa shape index (κ1) is 15.4. The van der Waals surface area contributed by atoms with E-state index in [1.165, 1.54) is 0 Å². The smallest absolute Gasteiger partial charge is 0.303 e. The van der Waals surface area contributed by atoms with Gasteiger partial charge in [0, 0.05) is 10.7 Å². The highest BCUT2D eigenvalue weighted by molar-refractivity contribution is 9.09. The van der Waals surface area contributed by atoms with Gasteiger partial charge in [-0.3, -0.25) is 4.52 Å². The van der Waals surface area contributed by atoms with Gasteiger partial charge in [-0.05, 0) is 12.8 Å². The lowest BCUT2D eigenvalue weighted by molar-refractivity contribution is 0.174. The third kappa shape index (κ3) is 7.63. The van der Waals surface area contributed by atoms with E-state index < -0.39 is 12.7 Å². The molecule has 0 aliphatic rings. The van der Waals surface area contributed by atoms with E-state index in [4.69, 9.17) is 21.4 Å². The van der Waals surface area contributed by atoms with E-state index >= 15 is 0 Å². The molecule has 14 heavy (non-hydrogen) atoms. The highest BCUT2D eigenvalue weighted by Gasteiger charge is 2.29.